The van der Waals surface area contributed by atoms with Crippen LogP contribution in [0.1, 0.15) is 17.3 Å². The lowest BCUT2D eigenvalue weighted by atomic mass is 10.3. The molecular weight excluding hydrogens is 230 g/mol. The minimum atomic E-state index is 0.506. The predicted octanol–water partition coefficient (Wildman–Crippen LogP) is 3.04. The van der Waals surface area contributed by atoms with Crippen LogP contribution in [0.2, 0.25) is 0 Å². The quantitative estimate of drug-likeness (QED) is 0.766. The van der Waals surface area contributed by atoms with Crippen molar-refractivity contribution in [3.8, 4) is 0 Å². The van der Waals surface area contributed by atoms with Crippen molar-refractivity contribution < 1.29 is 8.83 Å². The highest BCUT2D eigenvalue weighted by Crippen LogP contribution is 2.22. The van der Waals surface area contributed by atoms with Gasteiger partial charge in [-0.05, 0) is 26.0 Å². The van der Waals surface area contributed by atoms with Crippen molar-refractivity contribution in [2.45, 2.75) is 20.4 Å². The normalized spacial score (nSPS) is 11.0. The van der Waals surface area contributed by atoms with Crippen LogP contribution in [-0.2, 0) is 6.54 Å². The highest BCUT2D eigenvalue weighted by Gasteiger charge is 2.08. The van der Waals surface area contributed by atoms with Gasteiger partial charge in [-0.2, -0.15) is 0 Å². The first-order valence-corrected chi connectivity index (χ1v) is 5.73. The summed E-state index contributed by atoms with van der Waals surface area (Å²) in [4.78, 5) is 8.60. The van der Waals surface area contributed by atoms with Crippen LogP contribution >= 0.6 is 0 Å². The Bertz CT molecular complexity index is 665. The average molecular weight is 243 g/mol. The van der Waals surface area contributed by atoms with Crippen molar-refractivity contribution in [1.29, 1.82) is 0 Å². The number of hydrogen-bond acceptors (Lipinski definition) is 5. The Labute approximate surface area is 104 Å². The van der Waals surface area contributed by atoms with Gasteiger partial charge in [-0.15, -0.1) is 0 Å². The van der Waals surface area contributed by atoms with Crippen molar-refractivity contribution in [2.75, 3.05) is 5.32 Å². The van der Waals surface area contributed by atoms with Crippen molar-refractivity contribution in [2.24, 2.45) is 0 Å². The molecule has 0 saturated heterocycles. The van der Waals surface area contributed by atoms with E-state index in [2.05, 4.69) is 15.3 Å². The Morgan fingerprint density at radius 1 is 1.28 bits per heavy atom. The van der Waals surface area contributed by atoms with Crippen LogP contribution < -0.4 is 5.32 Å². The summed E-state index contributed by atoms with van der Waals surface area (Å²) in [6, 6.07) is 3.72. The van der Waals surface area contributed by atoms with Crippen molar-refractivity contribution >= 4 is 16.8 Å². The zero-order valence-electron chi connectivity index (χ0n) is 10.2. The van der Waals surface area contributed by atoms with Crippen LogP contribution in [0.15, 0.2) is 33.4 Å². The number of aryl methyl sites for hydroxylation is 2. The molecular formula is C13H13N3O2. The summed E-state index contributed by atoms with van der Waals surface area (Å²) in [7, 11) is 0. The van der Waals surface area contributed by atoms with Gasteiger partial charge in [0.05, 0.1) is 23.9 Å². The van der Waals surface area contributed by atoms with E-state index in [1.165, 1.54) is 0 Å². The van der Waals surface area contributed by atoms with Crippen molar-refractivity contribution in [3.63, 3.8) is 0 Å². The maximum atomic E-state index is 5.50. The average Bonchev–Trinajstić information content (AvgIpc) is 2.94. The molecule has 18 heavy (non-hydrogen) atoms. The molecule has 0 bridgehead atoms. The molecule has 3 aromatic heterocycles. The summed E-state index contributed by atoms with van der Waals surface area (Å²) in [6.07, 6.45) is 3.36. The number of oxazole rings is 1. The monoisotopic (exact) mass is 243 g/mol. The second kappa shape index (κ2) is 4.18. The number of nitrogens with zero attached hydrogens (tertiary/aromatic N) is 2. The Morgan fingerprint density at radius 3 is 2.94 bits per heavy atom. The number of nitrogens with one attached hydrogen (secondary N) is 1. The third-order valence-electron chi connectivity index (χ3n) is 2.86. The molecule has 5 nitrogen and oxygen atoms in total. The van der Waals surface area contributed by atoms with E-state index in [9.17, 15) is 0 Å². The van der Waals surface area contributed by atoms with Gasteiger partial charge in [0.15, 0.2) is 0 Å². The number of aromatic nitrogens is 2. The summed E-state index contributed by atoms with van der Waals surface area (Å²) in [6.45, 7) is 4.34. The van der Waals surface area contributed by atoms with Gasteiger partial charge in [0.2, 0.25) is 5.89 Å². The first-order chi connectivity index (χ1) is 8.74. The number of furan rings is 1. The fourth-order valence-electron chi connectivity index (χ4n) is 1.81. The SMILES string of the molecule is Cc1nc(CNc2nccc3occc23)oc1C. The van der Waals surface area contributed by atoms with Crippen LogP contribution in [0.5, 0.6) is 0 Å². The lowest BCUT2D eigenvalue weighted by Crippen LogP contribution is -2.01. The molecule has 1 N–H and O–H groups in total. The molecule has 0 radical (unpaired) electrons. The highest BCUT2D eigenvalue weighted by molar-refractivity contribution is 5.87. The molecule has 0 atom stereocenters. The smallest absolute Gasteiger partial charge is 0.213 e. The molecule has 0 spiro atoms. The van der Waals surface area contributed by atoms with Gasteiger partial charge in [0, 0.05) is 6.20 Å². The van der Waals surface area contributed by atoms with Crippen molar-refractivity contribution in [1.82, 2.24) is 9.97 Å². The van der Waals surface area contributed by atoms with Crippen LogP contribution in [0.25, 0.3) is 11.0 Å². The Hall–Kier alpha value is -2.30. The number of pyridine rings is 1. The Kier molecular flexibility index (Phi) is 2.51. The van der Waals surface area contributed by atoms with E-state index in [0.29, 0.717) is 12.4 Å². The first-order valence-electron chi connectivity index (χ1n) is 5.73. The van der Waals surface area contributed by atoms with E-state index < -0.39 is 0 Å². The van der Waals surface area contributed by atoms with Crippen LogP contribution in [0, 0.1) is 13.8 Å². The Morgan fingerprint density at radius 2 is 2.17 bits per heavy atom. The lowest BCUT2D eigenvalue weighted by molar-refractivity contribution is 0.478. The minimum absolute atomic E-state index is 0.506. The third-order valence-corrected chi connectivity index (χ3v) is 2.86. The standard InChI is InChI=1S/C13H13N3O2/c1-8-9(2)18-12(16-8)7-15-13-10-4-6-17-11(10)3-5-14-13/h3-6H,7H2,1-2H3,(H,14,15). The first kappa shape index (κ1) is 10.8. The zero-order chi connectivity index (χ0) is 12.5. The number of anilines is 1. The fraction of sp³-hybridized carbons (Fsp3) is 0.231. The maximum Gasteiger partial charge on any atom is 0.213 e. The molecule has 0 aromatic carbocycles. The van der Waals surface area contributed by atoms with Gasteiger partial charge in [-0.25, -0.2) is 9.97 Å². The molecule has 0 saturated carbocycles. The van der Waals surface area contributed by atoms with Gasteiger partial charge < -0.3 is 14.2 Å². The van der Waals surface area contributed by atoms with E-state index in [1.54, 1.807) is 12.5 Å². The third kappa shape index (κ3) is 1.84. The molecule has 0 amide bonds. The maximum absolute atomic E-state index is 5.50. The summed E-state index contributed by atoms with van der Waals surface area (Å²) in [5, 5.41) is 4.16. The van der Waals surface area contributed by atoms with E-state index >= 15 is 0 Å². The molecule has 0 fully saturated rings. The largest absolute Gasteiger partial charge is 0.464 e. The number of hydrogen-bond donors (Lipinski definition) is 1. The molecule has 3 heterocycles. The van der Waals surface area contributed by atoms with E-state index in [1.807, 2.05) is 26.0 Å². The summed E-state index contributed by atoms with van der Waals surface area (Å²) in [5.74, 6) is 2.28. The molecule has 0 aliphatic heterocycles. The second-order valence-corrected chi connectivity index (χ2v) is 4.09. The van der Waals surface area contributed by atoms with Gasteiger partial charge in [0.1, 0.15) is 17.2 Å². The Balaban J connectivity index is 1.82. The summed E-state index contributed by atoms with van der Waals surface area (Å²) in [5.41, 5.74) is 1.73. The second-order valence-electron chi connectivity index (χ2n) is 4.09. The fourth-order valence-corrected chi connectivity index (χ4v) is 1.81. The van der Waals surface area contributed by atoms with Crippen LogP contribution in [0.3, 0.4) is 0 Å². The molecule has 0 aliphatic carbocycles. The van der Waals surface area contributed by atoms with E-state index in [-0.39, 0.29) is 0 Å². The van der Waals surface area contributed by atoms with E-state index in [4.69, 9.17) is 8.83 Å². The van der Waals surface area contributed by atoms with Gasteiger partial charge in [-0.1, -0.05) is 0 Å². The molecule has 0 unspecified atom stereocenters. The highest BCUT2D eigenvalue weighted by atomic mass is 16.4. The van der Waals surface area contributed by atoms with Gasteiger partial charge >= 0.3 is 0 Å². The van der Waals surface area contributed by atoms with Gasteiger partial charge in [-0.3, -0.25) is 0 Å². The number of fused-ring (bicyclic) bond motifs is 1. The lowest BCUT2D eigenvalue weighted by Gasteiger charge is -2.03. The predicted molar refractivity (Wildman–Crippen MR) is 67.3 cm³/mol. The van der Waals surface area contributed by atoms with E-state index in [0.717, 1.165) is 28.2 Å². The zero-order valence-corrected chi connectivity index (χ0v) is 10.2. The van der Waals surface area contributed by atoms with Crippen molar-refractivity contribution in [3.05, 3.63) is 41.9 Å². The molecule has 3 rings (SSSR count). The molecule has 92 valence electrons. The molecule has 3 aromatic rings. The summed E-state index contributed by atoms with van der Waals surface area (Å²) < 4.78 is 10.8. The molecule has 5 heteroatoms. The summed E-state index contributed by atoms with van der Waals surface area (Å²) >= 11 is 0. The number of rotatable bonds is 3. The molecule has 0 aliphatic rings. The van der Waals surface area contributed by atoms with Gasteiger partial charge in [0.25, 0.3) is 0 Å². The van der Waals surface area contributed by atoms with Crippen LogP contribution in [0.4, 0.5) is 5.82 Å². The minimum Gasteiger partial charge on any atom is -0.464 e. The topological polar surface area (TPSA) is 64.1 Å². The van der Waals surface area contributed by atoms with Crippen LogP contribution in [-0.4, -0.2) is 9.97 Å².